The first kappa shape index (κ1) is 22.1. The lowest BCUT2D eigenvalue weighted by atomic mass is 10.1. The maximum atomic E-state index is 13.6. The summed E-state index contributed by atoms with van der Waals surface area (Å²) in [5, 5.41) is 4.42. The molecule has 0 saturated heterocycles. The molecule has 0 unspecified atom stereocenters. The summed E-state index contributed by atoms with van der Waals surface area (Å²) in [6.45, 7) is 2.75. The third-order valence-electron chi connectivity index (χ3n) is 5.99. The van der Waals surface area contributed by atoms with Crippen LogP contribution in [0, 0.1) is 5.82 Å². The highest BCUT2D eigenvalue weighted by molar-refractivity contribution is 7.15. The fraction of sp³-hybridized carbons (Fsp3) is 0.111. The molecule has 2 aromatic heterocycles. The molecule has 1 amide bonds. The number of aromatic nitrogens is 3. The minimum atomic E-state index is -0.388. The van der Waals surface area contributed by atoms with Crippen LogP contribution in [0.25, 0.3) is 21.9 Å². The smallest absolute Gasteiger partial charge is 0.291 e. The van der Waals surface area contributed by atoms with E-state index in [2.05, 4.69) is 10.1 Å². The van der Waals surface area contributed by atoms with Crippen LogP contribution in [0.5, 0.6) is 5.75 Å². The molecule has 0 bridgehead atoms. The monoisotopic (exact) mass is 498 g/mol. The lowest BCUT2D eigenvalue weighted by Crippen LogP contribution is -2.32. The van der Waals surface area contributed by atoms with Crippen molar-refractivity contribution in [3.8, 4) is 17.1 Å². The summed E-state index contributed by atoms with van der Waals surface area (Å²) in [4.78, 5) is 33.5. The predicted molar refractivity (Wildman–Crippen MR) is 135 cm³/mol. The fourth-order valence-electron chi connectivity index (χ4n) is 4.30. The van der Waals surface area contributed by atoms with E-state index >= 15 is 0 Å². The second-order valence-corrected chi connectivity index (χ2v) is 9.21. The van der Waals surface area contributed by atoms with Crippen molar-refractivity contribution < 1.29 is 13.9 Å². The van der Waals surface area contributed by atoms with Crippen molar-refractivity contribution in [3.05, 3.63) is 105 Å². The van der Waals surface area contributed by atoms with Gasteiger partial charge < -0.3 is 9.64 Å². The van der Waals surface area contributed by atoms with Crippen LogP contribution in [0.2, 0.25) is 0 Å². The second kappa shape index (κ2) is 8.69. The average molecular weight is 499 g/mol. The van der Waals surface area contributed by atoms with Gasteiger partial charge in [-0.3, -0.25) is 9.59 Å². The Morgan fingerprint density at radius 3 is 2.44 bits per heavy atom. The summed E-state index contributed by atoms with van der Waals surface area (Å²) in [6.07, 6.45) is 0. The Morgan fingerprint density at radius 1 is 0.972 bits per heavy atom. The van der Waals surface area contributed by atoms with E-state index in [0.29, 0.717) is 38.7 Å². The third-order valence-corrected chi connectivity index (χ3v) is 7.01. The van der Waals surface area contributed by atoms with Gasteiger partial charge in [-0.25, -0.2) is 4.39 Å². The van der Waals surface area contributed by atoms with E-state index < -0.39 is 0 Å². The number of halogens is 1. The second-order valence-electron chi connectivity index (χ2n) is 8.23. The molecule has 0 spiro atoms. The summed E-state index contributed by atoms with van der Waals surface area (Å²) in [7, 11) is 0. The zero-order valence-electron chi connectivity index (χ0n) is 19.1. The molecule has 0 fully saturated rings. The van der Waals surface area contributed by atoms with E-state index in [1.54, 1.807) is 17.0 Å². The molecule has 3 heterocycles. The number of nitrogens with zero attached hydrogens (tertiary/aromatic N) is 4. The SMILES string of the molecule is CCOc1ccc(-c2nc3sc(=C4C(=O)N(Cc5ccc(F)cc5)c5ccccc54)c(=O)n3n2)cc1. The number of benzene rings is 3. The van der Waals surface area contributed by atoms with Crippen molar-refractivity contribution in [2.75, 3.05) is 11.5 Å². The zero-order valence-corrected chi connectivity index (χ0v) is 20.0. The fourth-order valence-corrected chi connectivity index (χ4v) is 5.30. The molecule has 178 valence electrons. The average Bonchev–Trinajstić information content (AvgIpc) is 3.52. The summed E-state index contributed by atoms with van der Waals surface area (Å²) in [6, 6.07) is 20.7. The largest absolute Gasteiger partial charge is 0.494 e. The Balaban J connectivity index is 1.43. The number of amides is 1. The molecule has 6 rings (SSSR count). The van der Waals surface area contributed by atoms with Gasteiger partial charge in [0.05, 0.1) is 24.4 Å². The number of carbonyl (C=O) groups excluding carboxylic acids is 1. The first-order chi connectivity index (χ1) is 17.5. The van der Waals surface area contributed by atoms with Crippen LogP contribution in [0.1, 0.15) is 18.1 Å². The standard InChI is InChI=1S/C27H19FN4O3S/c1-2-35-19-13-9-17(10-14-19)24-29-27-32(30-24)26(34)23(36-27)22-20-5-3-4-6-21(20)31(25(22)33)15-16-7-11-18(28)12-8-16/h3-14H,2,15H2,1H3. The Hall–Kier alpha value is -4.37. The van der Waals surface area contributed by atoms with Crippen LogP contribution in [-0.4, -0.2) is 27.1 Å². The maximum Gasteiger partial charge on any atom is 0.291 e. The van der Waals surface area contributed by atoms with Crippen LogP contribution in [-0.2, 0) is 11.3 Å². The minimum Gasteiger partial charge on any atom is -0.494 e. The Bertz CT molecular complexity index is 1730. The molecular formula is C27H19FN4O3S. The molecule has 0 saturated carbocycles. The van der Waals surface area contributed by atoms with E-state index in [-0.39, 0.29) is 23.8 Å². The van der Waals surface area contributed by atoms with Gasteiger partial charge in [0.25, 0.3) is 11.5 Å². The van der Waals surface area contributed by atoms with Crippen LogP contribution in [0.3, 0.4) is 0 Å². The summed E-state index contributed by atoms with van der Waals surface area (Å²) < 4.78 is 20.4. The van der Waals surface area contributed by atoms with Gasteiger partial charge in [-0.05, 0) is 55.0 Å². The highest BCUT2D eigenvalue weighted by Crippen LogP contribution is 2.36. The Labute approximate surface area is 208 Å². The molecule has 3 aromatic carbocycles. The highest BCUT2D eigenvalue weighted by Gasteiger charge is 2.34. The molecule has 9 heteroatoms. The van der Waals surface area contributed by atoms with Crippen molar-refractivity contribution in [2.24, 2.45) is 0 Å². The number of rotatable bonds is 5. The number of ether oxygens (including phenoxy) is 1. The molecule has 0 atom stereocenters. The van der Waals surface area contributed by atoms with E-state index in [1.165, 1.54) is 16.6 Å². The van der Waals surface area contributed by atoms with Gasteiger partial charge in [0, 0.05) is 11.1 Å². The van der Waals surface area contributed by atoms with Gasteiger partial charge in [-0.1, -0.05) is 41.7 Å². The van der Waals surface area contributed by atoms with E-state index in [9.17, 15) is 14.0 Å². The third kappa shape index (κ3) is 3.64. The van der Waals surface area contributed by atoms with E-state index in [1.807, 2.05) is 55.5 Å². The Morgan fingerprint density at radius 2 is 1.72 bits per heavy atom. The molecule has 7 nitrogen and oxygen atoms in total. The number of carbonyl (C=O) groups is 1. The number of anilines is 1. The molecule has 5 aromatic rings. The summed E-state index contributed by atoms with van der Waals surface area (Å²) in [5.74, 6) is 0.547. The number of hydrogen-bond acceptors (Lipinski definition) is 6. The van der Waals surface area contributed by atoms with E-state index in [4.69, 9.17) is 4.74 Å². The van der Waals surface area contributed by atoms with Crippen molar-refractivity contribution in [1.82, 2.24) is 14.6 Å². The van der Waals surface area contributed by atoms with E-state index in [0.717, 1.165) is 28.2 Å². The lowest BCUT2D eigenvalue weighted by molar-refractivity contribution is -0.113. The van der Waals surface area contributed by atoms with Crippen LogP contribution in [0.4, 0.5) is 10.1 Å². The number of hydrogen-bond donors (Lipinski definition) is 0. The molecule has 0 N–H and O–H groups in total. The minimum absolute atomic E-state index is 0.260. The quantitative estimate of drug-likeness (QED) is 0.368. The van der Waals surface area contributed by atoms with Crippen molar-refractivity contribution >= 4 is 33.5 Å². The molecule has 1 aliphatic rings. The van der Waals surface area contributed by atoms with Crippen molar-refractivity contribution in [3.63, 3.8) is 0 Å². The lowest BCUT2D eigenvalue weighted by Gasteiger charge is -2.17. The first-order valence-electron chi connectivity index (χ1n) is 11.4. The van der Waals surface area contributed by atoms with Crippen LogP contribution in [0.15, 0.2) is 77.6 Å². The molecule has 36 heavy (non-hydrogen) atoms. The zero-order chi connectivity index (χ0) is 24.8. The van der Waals surface area contributed by atoms with Crippen molar-refractivity contribution in [2.45, 2.75) is 13.5 Å². The van der Waals surface area contributed by atoms with Crippen molar-refractivity contribution in [1.29, 1.82) is 0 Å². The predicted octanol–water partition coefficient (Wildman–Crippen LogP) is 3.82. The molecule has 0 aliphatic carbocycles. The molecular weight excluding hydrogens is 479 g/mol. The highest BCUT2D eigenvalue weighted by atomic mass is 32.1. The van der Waals surface area contributed by atoms with Gasteiger partial charge in [0.1, 0.15) is 16.1 Å². The van der Waals surface area contributed by atoms with Gasteiger partial charge >= 0.3 is 0 Å². The summed E-state index contributed by atoms with van der Waals surface area (Å²) >= 11 is 1.14. The Kier molecular flexibility index (Phi) is 5.34. The van der Waals surface area contributed by atoms with Gasteiger partial charge in [0.2, 0.25) is 4.96 Å². The maximum absolute atomic E-state index is 13.6. The topological polar surface area (TPSA) is 76.8 Å². The number of fused-ring (bicyclic) bond motifs is 2. The van der Waals surface area contributed by atoms with Gasteiger partial charge in [-0.15, -0.1) is 5.10 Å². The number of para-hydroxylation sites is 1. The first-order valence-corrected chi connectivity index (χ1v) is 12.2. The van der Waals surface area contributed by atoms with Crippen LogP contribution >= 0.6 is 11.3 Å². The normalized spacial score (nSPS) is 14.5. The molecule has 1 aliphatic heterocycles. The molecule has 0 radical (unpaired) electrons. The number of thiazole rings is 1. The van der Waals surface area contributed by atoms with Crippen LogP contribution < -0.4 is 19.7 Å². The van der Waals surface area contributed by atoms with Gasteiger partial charge in [-0.2, -0.15) is 9.50 Å². The summed E-state index contributed by atoms with van der Waals surface area (Å²) in [5.41, 5.74) is 2.87. The van der Waals surface area contributed by atoms with Gasteiger partial charge in [0.15, 0.2) is 5.82 Å².